The highest BCUT2D eigenvalue weighted by Gasteiger charge is 2.08. The maximum atomic E-state index is 12.9. The Bertz CT molecular complexity index is 911. The summed E-state index contributed by atoms with van der Waals surface area (Å²) in [5.74, 6) is 0.815. The molecule has 28 heavy (non-hydrogen) atoms. The third-order valence-corrected chi connectivity index (χ3v) is 4.23. The second-order valence-electron chi connectivity index (χ2n) is 6.34. The minimum atomic E-state index is -0.314. The van der Waals surface area contributed by atoms with Gasteiger partial charge in [0.25, 0.3) is 0 Å². The first-order valence-corrected chi connectivity index (χ1v) is 8.99. The maximum absolute atomic E-state index is 12.9. The Labute approximate surface area is 163 Å². The molecule has 0 aromatic heterocycles. The van der Waals surface area contributed by atoms with Crippen LogP contribution in [0.2, 0.25) is 0 Å². The van der Waals surface area contributed by atoms with E-state index in [2.05, 4.69) is 5.32 Å². The SMILES string of the molecule is COc1cc(CNC(=O)Cc2ccc(F)cc2)ccc1OCc1ccccc1. The van der Waals surface area contributed by atoms with E-state index in [0.29, 0.717) is 24.7 Å². The topological polar surface area (TPSA) is 47.6 Å². The number of carbonyl (C=O) groups excluding carboxylic acids is 1. The van der Waals surface area contributed by atoms with Crippen LogP contribution in [0.1, 0.15) is 16.7 Å². The van der Waals surface area contributed by atoms with Crippen molar-refractivity contribution >= 4 is 5.91 Å². The van der Waals surface area contributed by atoms with Crippen LogP contribution in [-0.4, -0.2) is 13.0 Å². The number of hydrogen-bond donors (Lipinski definition) is 1. The largest absolute Gasteiger partial charge is 0.493 e. The van der Waals surface area contributed by atoms with E-state index in [-0.39, 0.29) is 18.1 Å². The molecule has 1 amide bonds. The van der Waals surface area contributed by atoms with Crippen LogP contribution < -0.4 is 14.8 Å². The average Bonchev–Trinajstić information content (AvgIpc) is 2.73. The Kier molecular flexibility index (Phi) is 6.63. The van der Waals surface area contributed by atoms with Gasteiger partial charge in [0.2, 0.25) is 5.91 Å². The normalized spacial score (nSPS) is 10.4. The van der Waals surface area contributed by atoms with Crippen LogP contribution in [0.15, 0.2) is 72.8 Å². The van der Waals surface area contributed by atoms with E-state index in [9.17, 15) is 9.18 Å². The number of benzene rings is 3. The van der Waals surface area contributed by atoms with Crippen molar-refractivity contribution in [1.29, 1.82) is 0 Å². The van der Waals surface area contributed by atoms with Crippen molar-refractivity contribution in [2.24, 2.45) is 0 Å². The van der Waals surface area contributed by atoms with E-state index >= 15 is 0 Å². The van der Waals surface area contributed by atoms with Gasteiger partial charge in [-0.25, -0.2) is 4.39 Å². The quantitative estimate of drug-likeness (QED) is 0.636. The van der Waals surface area contributed by atoms with Gasteiger partial charge < -0.3 is 14.8 Å². The van der Waals surface area contributed by atoms with Crippen molar-refractivity contribution in [3.63, 3.8) is 0 Å². The summed E-state index contributed by atoms with van der Waals surface area (Å²) < 4.78 is 24.2. The molecular weight excluding hydrogens is 357 g/mol. The van der Waals surface area contributed by atoms with Crippen LogP contribution in [0.25, 0.3) is 0 Å². The fraction of sp³-hybridized carbons (Fsp3) is 0.174. The van der Waals surface area contributed by atoms with Gasteiger partial charge in [-0.2, -0.15) is 0 Å². The molecule has 0 atom stereocenters. The number of halogens is 1. The molecule has 3 aromatic rings. The monoisotopic (exact) mass is 379 g/mol. The molecule has 1 N–H and O–H groups in total. The second kappa shape index (κ2) is 9.55. The van der Waals surface area contributed by atoms with Crippen LogP contribution in [0.4, 0.5) is 4.39 Å². The van der Waals surface area contributed by atoms with Crippen molar-refractivity contribution in [2.45, 2.75) is 19.6 Å². The average molecular weight is 379 g/mol. The van der Waals surface area contributed by atoms with Gasteiger partial charge in [0.05, 0.1) is 13.5 Å². The highest BCUT2D eigenvalue weighted by atomic mass is 19.1. The Hall–Kier alpha value is -3.34. The van der Waals surface area contributed by atoms with E-state index in [1.54, 1.807) is 19.2 Å². The van der Waals surface area contributed by atoms with Gasteiger partial charge in [0.1, 0.15) is 12.4 Å². The van der Waals surface area contributed by atoms with Crippen molar-refractivity contribution in [2.75, 3.05) is 7.11 Å². The van der Waals surface area contributed by atoms with Crippen molar-refractivity contribution in [3.05, 3.63) is 95.3 Å². The third kappa shape index (κ3) is 5.58. The number of nitrogens with one attached hydrogen (secondary N) is 1. The second-order valence-corrected chi connectivity index (χ2v) is 6.34. The van der Waals surface area contributed by atoms with Crippen molar-refractivity contribution in [3.8, 4) is 11.5 Å². The molecule has 0 radical (unpaired) electrons. The van der Waals surface area contributed by atoms with Crippen LogP contribution in [0.5, 0.6) is 11.5 Å². The predicted molar refractivity (Wildman–Crippen MR) is 106 cm³/mol. The Morgan fingerprint density at radius 3 is 2.32 bits per heavy atom. The van der Waals surface area contributed by atoms with Gasteiger partial charge >= 0.3 is 0 Å². The zero-order valence-electron chi connectivity index (χ0n) is 15.7. The maximum Gasteiger partial charge on any atom is 0.224 e. The Balaban J connectivity index is 1.55. The minimum absolute atomic E-state index is 0.130. The molecule has 0 heterocycles. The molecule has 0 fully saturated rings. The smallest absolute Gasteiger partial charge is 0.224 e. The van der Waals surface area contributed by atoms with E-state index in [4.69, 9.17) is 9.47 Å². The van der Waals surface area contributed by atoms with Crippen molar-refractivity contribution < 1.29 is 18.7 Å². The Morgan fingerprint density at radius 2 is 1.61 bits per heavy atom. The van der Waals surface area contributed by atoms with Gasteiger partial charge in [-0.3, -0.25) is 4.79 Å². The first-order valence-electron chi connectivity index (χ1n) is 8.99. The molecule has 3 rings (SSSR count). The van der Waals surface area contributed by atoms with Gasteiger partial charge in [0, 0.05) is 6.54 Å². The van der Waals surface area contributed by atoms with Crippen LogP contribution in [0.3, 0.4) is 0 Å². The number of hydrogen-bond acceptors (Lipinski definition) is 3. The van der Waals surface area contributed by atoms with Gasteiger partial charge in [-0.1, -0.05) is 48.5 Å². The fourth-order valence-electron chi connectivity index (χ4n) is 2.73. The van der Waals surface area contributed by atoms with Gasteiger partial charge in [0.15, 0.2) is 11.5 Å². The molecule has 0 aliphatic carbocycles. The first kappa shape index (κ1) is 19.4. The standard InChI is InChI=1S/C23H22FNO3/c1-27-22-13-19(9-12-21(22)28-16-18-5-3-2-4-6-18)15-25-23(26)14-17-7-10-20(24)11-8-17/h2-13H,14-16H2,1H3,(H,25,26). The summed E-state index contributed by atoms with van der Waals surface area (Å²) in [6, 6.07) is 21.4. The summed E-state index contributed by atoms with van der Waals surface area (Å²) in [6.07, 6.45) is 0.204. The fourth-order valence-corrected chi connectivity index (χ4v) is 2.73. The molecule has 0 bridgehead atoms. The highest BCUT2D eigenvalue weighted by molar-refractivity contribution is 5.78. The molecular formula is C23H22FNO3. The molecule has 144 valence electrons. The number of methoxy groups -OCH3 is 1. The van der Waals surface area contributed by atoms with E-state index < -0.39 is 0 Å². The summed E-state index contributed by atoms with van der Waals surface area (Å²) in [6.45, 7) is 0.820. The zero-order valence-corrected chi connectivity index (χ0v) is 15.7. The lowest BCUT2D eigenvalue weighted by molar-refractivity contribution is -0.120. The highest BCUT2D eigenvalue weighted by Crippen LogP contribution is 2.28. The lowest BCUT2D eigenvalue weighted by atomic mass is 10.1. The van der Waals surface area contributed by atoms with Crippen molar-refractivity contribution in [1.82, 2.24) is 5.32 Å². The van der Waals surface area contributed by atoms with Crippen LogP contribution >= 0.6 is 0 Å². The molecule has 0 aliphatic heterocycles. The number of amides is 1. The third-order valence-electron chi connectivity index (χ3n) is 4.23. The van der Waals surface area contributed by atoms with Gasteiger partial charge in [-0.05, 0) is 41.0 Å². The zero-order chi connectivity index (χ0) is 19.8. The lowest BCUT2D eigenvalue weighted by Gasteiger charge is -2.13. The molecule has 5 heteroatoms. The predicted octanol–water partition coefficient (Wildman–Crippen LogP) is 4.27. The van der Waals surface area contributed by atoms with Crippen LogP contribution in [0, 0.1) is 5.82 Å². The molecule has 0 spiro atoms. The molecule has 3 aromatic carbocycles. The summed E-state index contributed by atoms with van der Waals surface area (Å²) in [5.41, 5.74) is 2.74. The molecule has 0 saturated heterocycles. The van der Waals surface area contributed by atoms with E-state index in [1.807, 2.05) is 48.5 Å². The first-order chi connectivity index (χ1) is 13.6. The molecule has 0 aliphatic rings. The summed E-state index contributed by atoms with van der Waals surface area (Å²) >= 11 is 0. The Morgan fingerprint density at radius 1 is 0.893 bits per heavy atom. The lowest BCUT2D eigenvalue weighted by Crippen LogP contribution is -2.24. The summed E-state index contributed by atoms with van der Waals surface area (Å²) in [7, 11) is 1.58. The van der Waals surface area contributed by atoms with E-state index in [0.717, 1.165) is 16.7 Å². The summed E-state index contributed by atoms with van der Waals surface area (Å²) in [5, 5.41) is 2.86. The molecule has 0 unspecified atom stereocenters. The molecule has 4 nitrogen and oxygen atoms in total. The number of carbonyl (C=O) groups is 1. The number of ether oxygens (including phenoxy) is 2. The number of rotatable bonds is 8. The minimum Gasteiger partial charge on any atom is -0.493 e. The van der Waals surface area contributed by atoms with Gasteiger partial charge in [-0.15, -0.1) is 0 Å². The van der Waals surface area contributed by atoms with E-state index in [1.165, 1.54) is 12.1 Å². The summed E-state index contributed by atoms with van der Waals surface area (Å²) in [4.78, 5) is 12.1. The molecule has 0 saturated carbocycles. The van der Waals surface area contributed by atoms with Crippen LogP contribution in [-0.2, 0) is 24.4 Å².